The van der Waals surface area contributed by atoms with Gasteiger partial charge in [-0.2, -0.15) is 0 Å². The highest BCUT2D eigenvalue weighted by Gasteiger charge is 2.32. The lowest BCUT2D eigenvalue weighted by Gasteiger charge is -2.35. The Kier molecular flexibility index (Phi) is 4.87. The second kappa shape index (κ2) is 7.07. The number of hydrogen-bond acceptors (Lipinski definition) is 3. The van der Waals surface area contributed by atoms with E-state index in [2.05, 4.69) is 5.32 Å². The Balaban J connectivity index is 1.63. The maximum absolute atomic E-state index is 12.4. The average molecular weight is 329 g/mol. The minimum atomic E-state index is -0.864. The molecule has 0 radical (unpaired) electrons. The molecule has 0 saturated carbocycles. The number of likely N-dealkylation sites (N-methyl/N-ethyl adjacent to an activating group) is 1. The topological polar surface area (TPSA) is 66.7 Å². The fourth-order valence-corrected chi connectivity index (χ4v) is 2.89. The predicted molar refractivity (Wildman–Crippen MR) is 92.4 cm³/mol. The van der Waals surface area contributed by atoms with E-state index in [9.17, 15) is 9.90 Å². The number of carbonyl (C=O) groups is 1. The number of urea groups is 1. The number of nitrogens with zero attached hydrogens (tertiary/aromatic N) is 2. The van der Waals surface area contributed by atoms with Crippen molar-refractivity contribution < 1.29 is 14.6 Å². The molecule has 2 aromatic rings. The van der Waals surface area contributed by atoms with Crippen LogP contribution in [0.15, 0.2) is 48.8 Å². The van der Waals surface area contributed by atoms with Gasteiger partial charge in [0.05, 0.1) is 12.1 Å². The smallest absolute Gasteiger partial charge is 0.321 e. The van der Waals surface area contributed by atoms with Crippen molar-refractivity contribution in [2.24, 2.45) is 0 Å². The van der Waals surface area contributed by atoms with E-state index in [4.69, 9.17) is 4.74 Å². The summed E-state index contributed by atoms with van der Waals surface area (Å²) in [6.45, 7) is 1.36. The molecule has 0 aliphatic carbocycles. The van der Waals surface area contributed by atoms with Gasteiger partial charge < -0.3 is 24.6 Å². The Bertz CT molecular complexity index is 679. The molecular formula is C18H23N3O3. The van der Waals surface area contributed by atoms with Crippen LogP contribution in [-0.2, 0) is 4.74 Å². The molecule has 2 N–H and O–H groups in total. The summed E-state index contributed by atoms with van der Waals surface area (Å²) in [5, 5.41) is 13.4. The summed E-state index contributed by atoms with van der Waals surface area (Å²) in [6, 6.07) is 11.3. The van der Waals surface area contributed by atoms with Crippen LogP contribution in [0.5, 0.6) is 0 Å². The van der Waals surface area contributed by atoms with Crippen LogP contribution in [0.1, 0.15) is 12.8 Å². The first-order chi connectivity index (χ1) is 11.6. The summed E-state index contributed by atoms with van der Waals surface area (Å²) in [5.41, 5.74) is 0.831. The van der Waals surface area contributed by atoms with Crippen LogP contribution < -0.4 is 5.32 Å². The van der Waals surface area contributed by atoms with Crippen LogP contribution in [0.2, 0.25) is 0 Å². The molecule has 1 fully saturated rings. The normalized spacial score (nSPS) is 16.6. The first kappa shape index (κ1) is 16.5. The standard InChI is InChI=1S/C18H23N3O3/c1-20(14-18(23)7-11-24-12-8-18)17(22)19-15-5-4-6-16(13-15)21-9-2-3-10-21/h2-6,9-10,13,23H,7-8,11-12,14H2,1H3,(H,19,22). The Hall–Kier alpha value is -2.31. The van der Waals surface area contributed by atoms with Crippen molar-refractivity contribution in [3.63, 3.8) is 0 Å². The fraction of sp³-hybridized carbons (Fsp3) is 0.389. The fourth-order valence-electron chi connectivity index (χ4n) is 2.89. The van der Waals surface area contributed by atoms with Crippen molar-refractivity contribution in [1.82, 2.24) is 9.47 Å². The maximum atomic E-state index is 12.4. The Morgan fingerprint density at radius 3 is 2.71 bits per heavy atom. The molecule has 1 aliphatic heterocycles. The lowest BCUT2D eigenvalue weighted by atomic mass is 9.94. The molecule has 2 amide bonds. The van der Waals surface area contributed by atoms with E-state index in [1.807, 2.05) is 53.4 Å². The molecule has 1 saturated heterocycles. The van der Waals surface area contributed by atoms with Crippen LogP contribution in [0.3, 0.4) is 0 Å². The Labute approximate surface area is 141 Å². The second-order valence-electron chi connectivity index (χ2n) is 6.26. The molecule has 1 aliphatic rings. The molecule has 2 heterocycles. The Morgan fingerprint density at radius 2 is 2.00 bits per heavy atom. The zero-order valence-corrected chi connectivity index (χ0v) is 13.8. The van der Waals surface area contributed by atoms with Crippen molar-refractivity contribution in [1.29, 1.82) is 0 Å². The highest BCUT2D eigenvalue weighted by Crippen LogP contribution is 2.22. The molecular weight excluding hydrogens is 306 g/mol. The van der Waals surface area contributed by atoms with Crippen molar-refractivity contribution in [2.45, 2.75) is 18.4 Å². The number of anilines is 1. The van der Waals surface area contributed by atoms with Gasteiger partial charge in [-0.1, -0.05) is 6.07 Å². The molecule has 3 rings (SSSR count). The summed E-state index contributed by atoms with van der Waals surface area (Å²) in [7, 11) is 1.69. The number of nitrogens with one attached hydrogen (secondary N) is 1. The molecule has 1 aromatic carbocycles. The van der Waals surface area contributed by atoms with Gasteiger partial charge in [-0.05, 0) is 30.3 Å². The van der Waals surface area contributed by atoms with Crippen LogP contribution >= 0.6 is 0 Å². The summed E-state index contributed by atoms with van der Waals surface area (Å²) >= 11 is 0. The number of carbonyl (C=O) groups excluding carboxylic acids is 1. The van der Waals surface area contributed by atoms with E-state index < -0.39 is 5.60 Å². The van der Waals surface area contributed by atoms with E-state index in [0.717, 1.165) is 11.4 Å². The second-order valence-corrected chi connectivity index (χ2v) is 6.26. The number of rotatable bonds is 4. The zero-order chi connectivity index (χ0) is 17.0. The third-order valence-corrected chi connectivity index (χ3v) is 4.30. The summed E-state index contributed by atoms with van der Waals surface area (Å²) in [4.78, 5) is 13.9. The zero-order valence-electron chi connectivity index (χ0n) is 13.8. The summed E-state index contributed by atoms with van der Waals surface area (Å²) in [6.07, 6.45) is 5.00. The number of aromatic nitrogens is 1. The molecule has 0 atom stereocenters. The first-order valence-electron chi connectivity index (χ1n) is 8.11. The van der Waals surface area contributed by atoms with Gasteiger partial charge in [0.1, 0.15) is 0 Å². The predicted octanol–water partition coefficient (Wildman–Crippen LogP) is 2.48. The third kappa shape index (κ3) is 3.96. The molecule has 128 valence electrons. The van der Waals surface area contributed by atoms with Crippen LogP contribution in [-0.4, -0.2) is 53.0 Å². The quantitative estimate of drug-likeness (QED) is 0.905. The molecule has 0 spiro atoms. The molecule has 24 heavy (non-hydrogen) atoms. The molecule has 1 aromatic heterocycles. The van der Waals surface area contributed by atoms with Gasteiger partial charge in [-0.3, -0.25) is 0 Å². The highest BCUT2D eigenvalue weighted by molar-refractivity contribution is 5.89. The largest absolute Gasteiger partial charge is 0.388 e. The van der Waals surface area contributed by atoms with Crippen molar-refractivity contribution >= 4 is 11.7 Å². The molecule has 0 bridgehead atoms. The molecule has 6 heteroatoms. The minimum absolute atomic E-state index is 0.237. The van der Waals surface area contributed by atoms with Crippen molar-refractivity contribution in [3.05, 3.63) is 48.8 Å². The van der Waals surface area contributed by atoms with E-state index in [0.29, 0.717) is 32.6 Å². The highest BCUT2D eigenvalue weighted by atomic mass is 16.5. The third-order valence-electron chi connectivity index (χ3n) is 4.30. The first-order valence-corrected chi connectivity index (χ1v) is 8.11. The SMILES string of the molecule is CN(CC1(O)CCOCC1)C(=O)Nc1cccc(-n2cccc2)c1. The number of aliphatic hydroxyl groups is 1. The van der Waals surface area contributed by atoms with Crippen molar-refractivity contribution in [2.75, 3.05) is 32.1 Å². The van der Waals surface area contributed by atoms with E-state index in [1.165, 1.54) is 4.90 Å². The molecule has 0 unspecified atom stereocenters. The summed E-state index contributed by atoms with van der Waals surface area (Å²) in [5.74, 6) is 0. The van der Waals surface area contributed by atoms with Gasteiger partial charge in [0, 0.05) is 56.9 Å². The van der Waals surface area contributed by atoms with Crippen LogP contribution in [0.25, 0.3) is 5.69 Å². The van der Waals surface area contributed by atoms with Gasteiger partial charge in [-0.15, -0.1) is 0 Å². The minimum Gasteiger partial charge on any atom is -0.388 e. The van der Waals surface area contributed by atoms with Gasteiger partial charge >= 0.3 is 6.03 Å². The monoisotopic (exact) mass is 329 g/mol. The van der Waals surface area contributed by atoms with E-state index in [1.54, 1.807) is 7.05 Å². The average Bonchev–Trinajstić information content (AvgIpc) is 3.10. The van der Waals surface area contributed by atoms with Gasteiger partial charge in [0.2, 0.25) is 0 Å². The summed E-state index contributed by atoms with van der Waals surface area (Å²) < 4.78 is 7.25. The van der Waals surface area contributed by atoms with E-state index >= 15 is 0 Å². The van der Waals surface area contributed by atoms with Gasteiger partial charge in [-0.25, -0.2) is 4.79 Å². The van der Waals surface area contributed by atoms with E-state index in [-0.39, 0.29) is 6.03 Å². The lowest BCUT2D eigenvalue weighted by Crippen LogP contribution is -2.48. The van der Waals surface area contributed by atoms with Gasteiger partial charge in [0.25, 0.3) is 0 Å². The number of amides is 2. The Morgan fingerprint density at radius 1 is 1.29 bits per heavy atom. The number of ether oxygens (including phenoxy) is 1. The van der Waals surface area contributed by atoms with Crippen LogP contribution in [0, 0.1) is 0 Å². The van der Waals surface area contributed by atoms with Crippen LogP contribution in [0.4, 0.5) is 10.5 Å². The number of benzene rings is 1. The number of hydrogen-bond donors (Lipinski definition) is 2. The lowest BCUT2D eigenvalue weighted by molar-refractivity contribution is -0.0717. The maximum Gasteiger partial charge on any atom is 0.321 e. The van der Waals surface area contributed by atoms with Crippen molar-refractivity contribution in [3.8, 4) is 5.69 Å². The van der Waals surface area contributed by atoms with Gasteiger partial charge in [0.15, 0.2) is 0 Å². The molecule has 6 nitrogen and oxygen atoms in total.